The zero-order chi connectivity index (χ0) is 13.2. The lowest BCUT2D eigenvalue weighted by atomic mass is 10.2. The van der Waals surface area contributed by atoms with Gasteiger partial charge in [0.1, 0.15) is 11.5 Å². The molecule has 1 rings (SSSR count). The van der Waals surface area contributed by atoms with Crippen molar-refractivity contribution in [1.82, 2.24) is 0 Å². The van der Waals surface area contributed by atoms with Gasteiger partial charge in [-0.25, -0.2) is 4.79 Å². The van der Waals surface area contributed by atoms with E-state index < -0.39 is 5.97 Å². The zero-order valence-corrected chi connectivity index (χ0v) is 10.9. The minimum atomic E-state index is -0.455. The number of benzene rings is 1. The number of hydrogen-bond acceptors (Lipinski definition) is 3. The molecule has 0 aliphatic rings. The summed E-state index contributed by atoms with van der Waals surface area (Å²) >= 11 is 0. The Morgan fingerprint density at radius 1 is 1.17 bits per heavy atom. The van der Waals surface area contributed by atoms with Crippen molar-refractivity contribution < 1.29 is 14.3 Å². The molecule has 0 radical (unpaired) electrons. The Balaban J connectivity index is 2.31. The van der Waals surface area contributed by atoms with Gasteiger partial charge in [0.15, 0.2) is 0 Å². The first kappa shape index (κ1) is 14.3. The van der Waals surface area contributed by atoms with E-state index in [1.54, 1.807) is 24.3 Å². The van der Waals surface area contributed by atoms with Gasteiger partial charge in [0.2, 0.25) is 0 Å². The molecule has 0 aliphatic heterocycles. The van der Waals surface area contributed by atoms with Crippen molar-refractivity contribution in [3.63, 3.8) is 0 Å². The van der Waals surface area contributed by atoms with Crippen LogP contribution in [-0.4, -0.2) is 12.6 Å². The highest BCUT2D eigenvalue weighted by molar-refractivity contribution is 5.83. The number of rotatable bonds is 8. The minimum Gasteiger partial charge on any atom is -0.494 e. The number of ether oxygens (including phenoxy) is 2. The second kappa shape index (κ2) is 8.34. The lowest BCUT2D eigenvalue weighted by molar-refractivity contribution is -0.128. The van der Waals surface area contributed by atoms with Gasteiger partial charge in [0.25, 0.3) is 0 Å². The molecule has 0 heterocycles. The molecule has 0 bridgehead atoms. The summed E-state index contributed by atoms with van der Waals surface area (Å²) in [6.45, 7) is 6.25. The third kappa shape index (κ3) is 5.53. The van der Waals surface area contributed by atoms with Crippen molar-refractivity contribution in [1.29, 1.82) is 0 Å². The summed E-state index contributed by atoms with van der Waals surface area (Å²) in [6.07, 6.45) is 5.88. The lowest BCUT2D eigenvalue weighted by Crippen LogP contribution is -2.03. The van der Waals surface area contributed by atoms with Crippen molar-refractivity contribution in [3.05, 3.63) is 36.9 Å². The molecule has 3 nitrogen and oxygen atoms in total. The van der Waals surface area contributed by atoms with E-state index >= 15 is 0 Å². The molecule has 0 atom stereocenters. The van der Waals surface area contributed by atoms with Gasteiger partial charge in [0, 0.05) is 6.08 Å². The fraction of sp³-hybridized carbons (Fsp3) is 0.400. The van der Waals surface area contributed by atoms with E-state index in [2.05, 4.69) is 13.5 Å². The van der Waals surface area contributed by atoms with Crippen molar-refractivity contribution in [3.8, 4) is 11.5 Å². The van der Waals surface area contributed by atoms with E-state index in [4.69, 9.17) is 9.47 Å². The standard InChI is InChI=1S/C15H20O3/c1-3-5-6-7-12-17-13-8-10-14(11-9-13)18-15(16)4-2/h4,8-11H,2-3,5-7,12H2,1H3. The molecule has 0 unspecified atom stereocenters. The Hall–Kier alpha value is -1.77. The summed E-state index contributed by atoms with van der Waals surface area (Å²) < 4.78 is 10.5. The molecule has 3 heteroatoms. The largest absolute Gasteiger partial charge is 0.494 e. The smallest absolute Gasteiger partial charge is 0.335 e. The molecule has 0 aromatic heterocycles. The van der Waals surface area contributed by atoms with Crippen molar-refractivity contribution in [2.24, 2.45) is 0 Å². The first-order valence-electron chi connectivity index (χ1n) is 6.33. The van der Waals surface area contributed by atoms with Gasteiger partial charge in [-0.2, -0.15) is 0 Å². The predicted octanol–water partition coefficient (Wildman–Crippen LogP) is 3.74. The van der Waals surface area contributed by atoms with E-state index in [0.29, 0.717) is 5.75 Å². The summed E-state index contributed by atoms with van der Waals surface area (Å²) in [6, 6.07) is 7.02. The fourth-order valence-corrected chi connectivity index (χ4v) is 1.48. The van der Waals surface area contributed by atoms with E-state index in [1.165, 1.54) is 19.3 Å². The van der Waals surface area contributed by atoms with Crippen LogP contribution in [-0.2, 0) is 4.79 Å². The highest BCUT2D eigenvalue weighted by Gasteiger charge is 2.00. The Bertz CT molecular complexity index is 368. The molecule has 0 spiro atoms. The van der Waals surface area contributed by atoms with Crippen LogP contribution in [0.2, 0.25) is 0 Å². The summed E-state index contributed by atoms with van der Waals surface area (Å²) in [7, 11) is 0. The summed E-state index contributed by atoms with van der Waals surface area (Å²) in [5, 5.41) is 0. The van der Waals surface area contributed by atoms with E-state index in [0.717, 1.165) is 24.9 Å². The maximum absolute atomic E-state index is 11.0. The molecule has 98 valence electrons. The molecule has 18 heavy (non-hydrogen) atoms. The van der Waals surface area contributed by atoms with E-state index in [-0.39, 0.29) is 0 Å². The number of esters is 1. The highest BCUT2D eigenvalue weighted by atomic mass is 16.5. The van der Waals surface area contributed by atoms with Crippen LogP contribution < -0.4 is 9.47 Å². The highest BCUT2D eigenvalue weighted by Crippen LogP contribution is 2.18. The SMILES string of the molecule is C=CC(=O)Oc1ccc(OCCCCCC)cc1. The molecule has 1 aromatic carbocycles. The minimum absolute atomic E-state index is 0.455. The monoisotopic (exact) mass is 248 g/mol. The van der Waals surface area contributed by atoms with Crippen LogP contribution in [0, 0.1) is 0 Å². The van der Waals surface area contributed by atoms with Gasteiger partial charge in [-0.05, 0) is 30.7 Å². The van der Waals surface area contributed by atoms with Crippen LogP contribution in [0.5, 0.6) is 11.5 Å². The second-order valence-electron chi connectivity index (χ2n) is 4.01. The van der Waals surface area contributed by atoms with E-state index in [9.17, 15) is 4.79 Å². The molecule has 0 N–H and O–H groups in total. The van der Waals surface area contributed by atoms with Crippen molar-refractivity contribution >= 4 is 5.97 Å². The zero-order valence-electron chi connectivity index (χ0n) is 10.9. The molecule has 0 amide bonds. The summed E-state index contributed by atoms with van der Waals surface area (Å²) in [4.78, 5) is 11.0. The van der Waals surface area contributed by atoms with Gasteiger partial charge in [-0.1, -0.05) is 32.8 Å². The number of unbranched alkanes of at least 4 members (excludes halogenated alkanes) is 3. The lowest BCUT2D eigenvalue weighted by Gasteiger charge is -2.06. The molecular weight excluding hydrogens is 228 g/mol. The van der Waals surface area contributed by atoms with Crippen LogP contribution in [0.25, 0.3) is 0 Å². The van der Waals surface area contributed by atoms with Crippen molar-refractivity contribution in [2.45, 2.75) is 32.6 Å². The molecular formula is C15H20O3. The van der Waals surface area contributed by atoms with Gasteiger partial charge in [0.05, 0.1) is 6.61 Å². The fourth-order valence-electron chi connectivity index (χ4n) is 1.48. The topological polar surface area (TPSA) is 35.5 Å². The van der Waals surface area contributed by atoms with E-state index in [1.807, 2.05) is 0 Å². The average molecular weight is 248 g/mol. The first-order valence-corrected chi connectivity index (χ1v) is 6.33. The van der Waals surface area contributed by atoms with Crippen LogP contribution >= 0.6 is 0 Å². The maximum Gasteiger partial charge on any atom is 0.335 e. The maximum atomic E-state index is 11.0. The molecule has 0 saturated heterocycles. The molecule has 0 saturated carbocycles. The van der Waals surface area contributed by atoms with Crippen LogP contribution in [0.4, 0.5) is 0 Å². The Kier molecular flexibility index (Phi) is 6.62. The molecule has 0 fully saturated rings. The Labute approximate surface area is 108 Å². The Morgan fingerprint density at radius 2 is 1.83 bits per heavy atom. The Morgan fingerprint density at radius 3 is 2.44 bits per heavy atom. The summed E-state index contributed by atoms with van der Waals surface area (Å²) in [5.74, 6) is 0.839. The predicted molar refractivity (Wildman–Crippen MR) is 71.9 cm³/mol. The van der Waals surface area contributed by atoms with Gasteiger partial charge < -0.3 is 9.47 Å². The third-order valence-electron chi connectivity index (χ3n) is 2.48. The first-order chi connectivity index (χ1) is 8.76. The number of hydrogen-bond donors (Lipinski definition) is 0. The number of carbonyl (C=O) groups is 1. The van der Waals surface area contributed by atoms with Gasteiger partial charge in [-0.15, -0.1) is 0 Å². The van der Waals surface area contributed by atoms with Crippen LogP contribution in [0.1, 0.15) is 32.6 Å². The summed E-state index contributed by atoms with van der Waals surface area (Å²) in [5.41, 5.74) is 0. The second-order valence-corrected chi connectivity index (χ2v) is 4.01. The average Bonchev–Trinajstić information content (AvgIpc) is 2.40. The van der Waals surface area contributed by atoms with Gasteiger partial charge in [-0.3, -0.25) is 0 Å². The van der Waals surface area contributed by atoms with Gasteiger partial charge >= 0.3 is 5.97 Å². The molecule has 1 aromatic rings. The molecule has 0 aliphatic carbocycles. The van der Waals surface area contributed by atoms with Crippen LogP contribution in [0.3, 0.4) is 0 Å². The number of carbonyl (C=O) groups excluding carboxylic acids is 1. The van der Waals surface area contributed by atoms with Crippen LogP contribution in [0.15, 0.2) is 36.9 Å². The van der Waals surface area contributed by atoms with Crippen molar-refractivity contribution in [2.75, 3.05) is 6.61 Å². The normalized spacial score (nSPS) is 9.83. The quantitative estimate of drug-likeness (QED) is 0.304. The third-order valence-corrected chi connectivity index (χ3v) is 2.48.